The lowest BCUT2D eigenvalue weighted by atomic mass is 10.1. The highest BCUT2D eigenvalue weighted by molar-refractivity contribution is 7.19. The quantitative estimate of drug-likeness (QED) is 0.863. The molecule has 0 radical (unpaired) electrons. The van der Waals surface area contributed by atoms with Crippen molar-refractivity contribution in [2.24, 2.45) is 10.9 Å². The van der Waals surface area contributed by atoms with Crippen molar-refractivity contribution in [3.63, 3.8) is 0 Å². The van der Waals surface area contributed by atoms with Crippen LogP contribution in [0.5, 0.6) is 0 Å². The zero-order valence-electron chi connectivity index (χ0n) is 11.6. The largest absolute Gasteiger partial charge is 0.358 e. The van der Waals surface area contributed by atoms with Crippen molar-refractivity contribution in [1.29, 1.82) is 5.26 Å². The van der Waals surface area contributed by atoms with E-state index in [4.69, 9.17) is 5.26 Å². The van der Waals surface area contributed by atoms with Crippen LogP contribution in [0.2, 0.25) is 0 Å². The van der Waals surface area contributed by atoms with E-state index in [1.807, 2.05) is 18.5 Å². The first-order chi connectivity index (χ1) is 9.67. The van der Waals surface area contributed by atoms with Crippen molar-refractivity contribution in [3.8, 4) is 6.07 Å². The summed E-state index contributed by atoms with van der Waals surface area (Å²) in [4.78, 5) is 11.1. The van der Waals surface area contributed by atoms with Crippen LogP contribution < -0.4 is 0 Å². The summed E-state index contributed by atoms with van der Waals surface area (Å²) < 4.78 is 1.10. The molecule has 3 rings (SSSR count). The van der Waals surface area contributed by atoms with Gasteiger partial charge in [0.05, 0.1) is 22.2 Å². The number of aromatic nitrogens is 1. The molecule has 0 saturated heterocycles. The second kappa shape index (κ2) is 5.22. The Kier molecular flexibility index (Phi) is 3.41. The normalized spacial score (nSPS) is 13.8. The Bertz CT molecular complexity index is 708. The molecule has 4 nitrogen and oxygen atoms in total. The number of benzene rings is 1. The van der Waals surface area contributed by atoms with E-state index in [1.54, 1.807) is 0 Å². The number of thiazole rings is 1. The van der Waals surface area contributed by atoms with Gasteiger partial charge < -0.3 is 4.90 Å². The monoisotopic (exact) mass is 284 g/mol. The van der Waals surface area contributed by atoms with E-state index in [0.717, 1.165) is 35.4 Å². The maximum absolute atomic E-state index is 9.00. The number of hydrogen-bond acceptors (Lipinski definition) is 5. The predicted octanol–water partition coefficient (Wildman–Crippen LogP) is 3.69. The second-order valence-electron chi connectivity index (χ2n) is 5.44. The summed E-state index contributed by atoms with van der Waals surface area (Å²) >= 11 is 1.47. The Labute approximate surface area is 122 Å². The molecule has 20 heavy (non-hydrogen) atoms. The Balaban J connectivity index is 1.94. The van der Waals surface area contributed by atoms with Gasteiger partial charge >= 0.3 is 0 Å². The Morgan fingerprint density at radius 2 is 2.30 bits per heavy atom. The van der Waals surface area contributed by atoms with Crippen molar-refractivity contribution in [2.75, 3.05) is 6.54 Å². The van der Waals surface area contributed by atoms with E-state index in [2.05, 4.69) is 34.8 Å². The number of fused-ring (bicyclic) bond motifs is 3. The molecule has 5 heteroatoms. The molecule has 2 aromatic rings. The Morgan fingerprint density at radius 3 is 3.05 bits per heavy atom. The van der Waals surface area contributed by atoms with Crippen molar-refractivity contribution in [2.45, 2.75) is 26.8 Å². The van der Waals surface area contributed by atoms with Crippen LogP contribution in [0.3, 0.4) is 0 Å². The van der Waals surface area contributed by atoms with Crippen molar-refractivity contribution in [1.82, 2.24) is 9.88 Å². The summed E-state index contributed by atoms with van der Waals surface area (Å²) in [5.41, 5.74) is 3.12. The van der Waals surface area contributed by atoms with Crippen LogP contribution in [-0.2, 0) is 6.54 Å². The maximum atomic E-state index is 9.00. The van der Waals surface area contributed by atoms with Gasteiger partial charge in [-0.1, -0.05) is 13.8 Å². The van der Waals surface area contributed by atoms with Gasteiger partial charge in [-0.05, 0) is 24.5 Å². The topological polar surface area (TPSA) is 52.3 Å². The van der Waals surface area contributed by atoms with Crippen LogP contribution >= 0.6 is 11.3 Å². The van der Waals surface area contributed by atoms with Gasteiger partial charge in [-0.2, -0.15) is 5.26 Å². The molecule has 0 bridgehead atoms. The average Bonchev–Trinajstić information content (AvgIpc) is 2.88. The van der Waals surface area contributed by atoms with E-state index in [0.29, 0.717) is 10.9 Å². The molecule has 0 N–H and O–H groups in total. The fraction of sp³-hybridized carbons (Fsp3) is 0.400. The Hall–Kier alpha value is -1.93. The van der Waals surface area contributed by atoms with Gasteiger partial charge in [0, 0.05) is 18.7 Å². The summed E-state index contributed by atoms with van der Waals surface area (Å²) in [5.74, 6) is 0.689. The summed E-state index contributed by atoms with van der Waals surface area (Å²) in [6.07, 6.45) is 3.09. The van der Waals surface area contributed by atoms with Crippen molar-refractivity contribution >= 4 is 33.6 Å². The molecule has 102 valence electrons. The van der Waals surface area contributed by atoms with Crippen LogP contribution in [0.4, 0.5) is 5.69 Å². The second-order valence-corrected chi connectivity index (χ2v) is 6.44. The van der Waals surface area contributed by atoms with Gasteiger partial charge in [0.25, 0.3) is 0 Å². The molecule has 0 unspecified atom stereocenters. The lowest BCUT2D eigenvalue weighted by molar-refractivity contribution is 0.382. The van der Waals surface area contributed by atoms with Crippen LogP contribution in [0, 0.1) is 17.2 Å². The summed E-state index contributed by atoms with van der Waals surface area (Å²) in [6, 6.07) is 6.08. The van der Waals surface area contributed by atoms with E-state index >= 15 is 0 Å². The van der Waals surface area contributed by atoms with Gasteiger partial charge in [0.2, 0.25) is 0 Å². The maximum Gasteiger partial charge on any atom is 0.195 e. The summed E-state index contributed by atoms with van der Waals surface area (Å²) in [5, 5.41) is 9.52. The van der Waals surface area contributed by atoms with E-state index in [-0.39, 0.29) is 0 Å². The third-order valence-electron chi connectivity index (χ3n) is 3.45. The molecular weight excluding hydrogens is 268 g/mol. The lowest BCUT2D eigenvalue weighted by Gasteiger charge is -2.25. The SMILES string of the molecule is CC(C)CCN1C=Nc2ccc3nc(C#N)sc3c2C1. The Morgan fingerprint density at radius 1 is 1.45 bits per heavy atom. The number of aliphatic imine (C=N–C) groups is 1. The molecule has 0 atom stereocenters. The minimum atomic E-state index is 0.525. The first-order valence-electron chi connectivity index (χ1n) is 6.78. The number of rotatable bonds is 3. The van der Waals surface area contributed by atoms with Gasteiger partial charge in [-0.3, -0.25) is 0 Å². The van der Waals surface area contributed by atoms with Gasteiger partial charge in [0.15, 0.2) is 5.01 Å². The fourth-order valence-electron chi connectivity index (χ4n) is 2.31. The standard InChI is InChI=1S/C15H16N4S/c1-10(2)5-6-19-8-11-12(17-9-19)3-4-13-15(11)20-14(7-16)18-13/h3-4,9-10H,5-6,8H2,1-2H3. The molecule has 0 amide bonds. The van der Waals surface area contributed by atoms with E-state index in [9.17, 15) is 0 Å². The highest BCUT2D eigenvalue weighted by Crippen LogP contribution is 2.34. The van der Waals surface area contributed by atoms with Crippen molar-refractivity contribution in [3.05, 3.63) is 22.7 Å². The summed E-state index contributed by atoms with van der Waals surface area (Å²) in [6.45, 7) is 6.34. The zero-order chi connectivity index (χ0) is 14.1. The van der Waals surface area contributed by atoms with Crippen LogP contribution in [0.1, 0.15) is 30.8 Å². The highest BCUT2D eigenvalue weighted by atomic mass is 32.1. The van der Waals surface area contributed by atoms with E-state index in [1.165, 1.54) is 16.9 Å². The molecule has 0 saturated carbocycles. The van der Waals surface area contributed by atoms with Crippen LogP contribution in [-0.4, -0.2) is 22.8 Å². The third kappa shape index (κ3) is 2.39. The molecule has 0 aliphatic carbocycles. The molecule has 1 aliphatic rings. The van der Waals surface area contributed by atoms with Gasteiger partial charge in [-0.15, -0.1) is 11.3 Å². The number of hydrogen-bond donors (Lipinski definition) is 0. The lowest BCUT2D eigenvalue weighted by Crippen LogP contribution is -2.25. The smallest absolute Gasteiger partial charge is 0.195 e. The minimum absolute atomic E-state index is 0.525. The molecule has 1 aromatic carbocycles. The van der Waals surface area contributed by atoms with E-state index < -0.39 is 0 Å². The summed E-state index contributed by atoms with van der Waals surface area (Å²) in [7, 11) is 0. The average molecular weight is 284 g/mol. The molecule has 0 spiro atoms. The first-order valence-corrected chi connectivity index (χ1v) is 7.60. The number of nitriles is 1. The van der Waals surface area contributed by atoms with Gasteiger partial charge in [-0.25, -0.2) is 9.98 Å². The molecule has 2 heterocycles. The molecular formula is C15H16N4S. The minimum Gasteiger partial charge on any atom is -0.358 e. The van der Waals surface area contributed by atoms with Crippen LogP contribution in [0.25, 0.3) is 10.2 Å². The molecule has 0 fully saturated rings. The highest BCUT2D eigenvalue weighted by Gasteiger charge is 2.17. The zero-order valence-corrected chi connectivity index (χ0v) is 12.4. The predicted molar refractivity (Wildman–Crippen MR) is 82.4 cm³/mol. The molecule has 1 aliphatic heterocycles. The van der Waals surface area contributed by atoms with Gasteiger partial charge in [0.1, 0.15) is 6.07 Å². The number of nitrogens with zero attached hydrogens (tertiary/aromatic N) is 4. The third-order valence-corrected chi connectivity index (χ3v) is 4.48. The van der Waals surface area contributed by atoms with Crippen molar-refractivity contribution < 1.29 is 0 Å². The molecule has 1 aromatic heterocycles. The fourth-order valence-corrected chi connectivity index (χ4v) is 3.20. The van der Waals surface area contributed by atoms with Crippen LogP contribution in [0.15, 0.2) is 17.1 Å². The first kappa shape index (κ1) is 13.1.